The van der Waals surface area contributed by atoms with Crippen LogP contribution in [-0.2, 0) is 14.1 Å². The van der Waals surface area contributed by atoms with E-state index in [1.807, 2.05) is 29.9 Å². The second-order valence-electron chi connectivity index (χ2n) is 6.41. The van der Waals surface area contributed by atoms with Gasteiger partial charge in [0.15, 0.2) is 0 Å². The van der Waals surface area contributed by atoms with Gasteiger partial charge in [-0.1, -0.05) is 6.07 Å². The minimum atomic E-state index is -2.94. The van der Waals surface area contributed by atoms with Gasteiger partial charge in [-0.25, -0.2) is 9.97 Å². The molecule has 4 aromatic rings. The number of alkyl halides is 2. The molecule has 0 atom stereocenters. The molecule has 0 bridgehead atoms. The fraction of sp³-hybridized carbons (Fsp3) is 0.211. The summed E-state index contributed by atoms with van der Waals surface area (Å²) in [6, 6.07) is 7.00. The molecule has 0 N–H and O–H groups in total. The Bertz CT molecular complexity index is 1140. The van der Waals surface area contributed by atoms with Crippen molar-refractivity contribution in [2.45, 2.75) is 6.61 Å². The third-order valence-electron chi connectivity index (χ3n) is 4.52. The normalized spacial score (nSPS) is 11.4. The first-order valence-electron chi connectivity index (χ1n) is 8.51. The maximum absolute atomic E-state index is 13.0. The van der Waals surface area contributed by atoms with E-state index >= 15 is 0 Å². The predicted molar refractivity (Wildman–Crippen MR) is 102 cm³/mol. The summed E-state index contributed by atoms with van der Waals surface area (Å²) >= 11 is 0. The topological polar surface area (TPSA) is 61.0 Å². The Morgan fingerprint density at radius 1 is 1.07 bits per heavy atom. The van der Waals surface area contributed by atoms with Crippen molar-refractivity contribution >= 4 is 22.5 Å². The van der Waals surface area contributed by atoms with Crippen molar-refractivity contribution in [3.8, 4) is 16.9 Å². The minimum Gasteiger partial charge on any atom is -0.433 e. The lowest BCUT2D eigenvalue weighted by molar-refractivity contribution is -0.0494. The zero-order chi connectivity index (χ0) is 19.8. The third-order valence-corrected chi connectivity index (χ3v) is 4.52. The molecule has 9 heteroatoms. The Morgan fingerprint density at radius 3 is 2.61 bits per heavy atom. The van der Waals surface area contributed by atoms with E-state index in [2.05, 4.69) is 15.1 Å². The molecule has 7 nitrogen and oxygen atoms in total. The second kappa shape index (κ2) is 6.91. The van der Waals surface area contributed by atoms with Gasteiger partial charge >= 0.3 is 6.61 Å². The number of rotatable bonds is 5. The van der Waals surface area contributed by atoms with Crippen LogP contribution in [0.15, 0.2) is 49.2 Å². The number of anilines is 2. The number of fused-ring (bicyclic) bond motifs is 1. The van der Waals surface area contributed by atoms with E-state index in [-0.39, 0.29) is 5.75 Å². The van der Waals surface area contributed by atoms with Gasteiger partial charge in [-0.05, 0) is 17.7 Å². The van der Waals surface area contributed by atoms with Crippen molar-refractivity contribution in [2.24, 2.45) is 14.1 Å². The zero-order valence-electron chi connectivity index (χ0n) is 15.5. The lowest BCUT2D eigenvalue weighted by atomic mass is 10.1. The van der Waals surface area contributed by atoms with Crippen LogP contribution in [-0.4, -0.2) is 38.0 Å². The molecule has 144 valence electrons. The van der Waals surface area contributed by atoms with Crippen LogP contribution in [0.3, 0.4) is 0 Å². The number of hydrogen-bond donors (Lipinski definition) is 0. The molecule has 0 spiro atoms. The number of aryl methyl sites for hydroxylation is 2. The van der Waals surface area contributed by atoms with E-state index in [1.54, 1.807) is 54.5 Å². The molecule has 0 amide bonds. The summed E-state index contributed by atoms with van der Waals surface area (Å²) in [4.78, 5) is 10.3. The first-order chi connectivity index (χ1) is 13.4. The first kappa shape index (κ1) is 17.9. The van der Waals surface area contributed by atoms with E-state index < -0.39 is 6.61 Å². The summed E-state index contributed by atoms with van der Waals surface area (Å²) in [5, 5.41) is 4.12. The Morgan fingerprint density at radius 2 is 1.89 bits per heavy atom. The van der Waals surface area contributed by atoms with E-state index in [9.17, 15) is 8.78 Å². The number of ether oxygens (including phenoxy) is 1. The van der Waals surface area contributed by atoms with Gasteiger partial charge < -0.3 is 14.2 Å². The van der Waals surface area contributed by atoms with Crippen LogP contribution in [0.25, 0.3) is 22.2 Å². The van der Waals surface area contributed by atoms with Crippen LogP contribution in [0.4, 0.5) is 20.3 Å². The van der Waals surface area contributed by atoms with Crippen molar-refractivity contribution in [1.82, 2.24) is 24.3 Å². The molecule has 3 heterocycles. The molecular weight excluding hydrogens is 366 g/mol. The van der Waals surface area contributed by atoms with Crippen molar-refractivity contribution in [1.29, 1.82) is 0 Å². The number of nitrogens with zero attached hydrogens (tertiary/aromatic N) is 6. The van der Waals surface area contributed by atoms with E-state index in [0.717, 1.165) is 22.2 Å². The number of benzene rings is 1. The Labute approximate surface area is 159 Å². The maximum Gasteiger partial charge on any atom is 0.387 e. The minimum absolute atomic E-state index is 0.0609. The highest BCUT2D eigenvalue weighted by molar-refractivity contribution is 5.80. The van der Waals surface area contributed by atoms with E-state index in [4.69, 9.17) is 4.74 Å². The summed E-state index contributed by atoms with van der Waals surface area (Å²) in [5.41, 5.74) is 3.67. The number of imidazole rings is 1. The SMILES string of the molecule is CN(c1cc2c(cn1)ncn2C)c1ccc(-c2cnn(C)c2)cc1OC(F)F. The van der Waals surface area contributed by atoms with Crippen molar-refractivity contribution in [3.63, 3.8) is 0 Å². The van der Waals surface area contributed by atoms with E-state index in [0.29, 0.717) is 11.5 Å². The molecule has 0 saturated heterocycles. The number of pyridine rings is 1. The highest BCUT2D eigenvalue weighted by Gasteiger charge is 2.17. The lowest BCUT2D eigenvalue weighted by Crippen LogP contribution is -2.14. The first-order valence-corrected chi connectivity index (χ1v) is 8.51. The standard InChI is InChI=1S/C19H18F2N6O/c1-25-11-23-14-9-22-18(7-16(14)25)27(3)15-5-4-12(6-17(15)28-19(20)21)13-8-24-26(2)10-13/h4-11,19H,1-3H3. The molecule has 4 rings (SSSR count). The van der Waals surface area contributed by atoms with Gasteiger partial charge in [-0.3, -0.25) is 4.68 Å². The number of hydrogen-bond acceptors (Lipinski definition) is 5. The summed E-state index contributed by atoms with van der Waals surface area (Å²) in [6.45, 7) is -2.94. The average Bonchev–Trinajstić information content (AvgIpc) is 3.26. The largest absolute Gasteiger partial charge is 0.433 e. The zero-order valence-corrected chi connectivity index (χ0v) is 15.5. The molecule has 0 unspecified atom stereocenters. The summed E-state index contributed by atoms with van der Waals surface area (Å²) in [7, 11) is 5.43. The molecule has 0 aliphatic heterocycles. The molecule has 1 aromatic carbocycles. The maximum atomic E-state index is 13.0. The van der Waals surface area contributed by atoms with Crippen LogP contribution in [0.1, 0.15) is 0 Å². The highest BCUT2D eigenvalue weighted by Crippen LogP contribution is 2.37. The monoisotopic (exact) mass is 384 g/mol. The van der Waals surface area contributed by atoms with Crippen LogP contribution in [0.5, 0.6) is 5.75 Å². The van der Waals surface area contributed by atoms with Crippen molar-refractivity contribution < 1.29 is 13.5 Å². The second-order valence-corrected chi connectivity index (χ2v) is 6.41. The molecule has 0 saturated carbocycles. The Balaban J connectivity index is 1.76. The Kier molecular flexibility index (Phi) is 4.42. The smallest absolute Gasteiger partial charge is 0.387 e. The molecule has 0 aliphatic carbocycles. The molecule has 0 fully saturated rings. The van der Waals surface area contributed by atoms with Gasteiger partial charge in [0, 0.05) is 39.0 Å². The molecule has 28 heavy (non-hydrogen) atoms. The van der Waals surface area contributed by atoms with Crippen LogP contribution < -0.4 is 9.64 Å². The number of aromatic nitrogens is 5. The van der Waals surface area contributed by atoms with E-state index in [1.165, 1.54) is 0 Å². The predicted octanol–water partition coefficient (Wildman–Crippen LogP) is 3.74. The van der Waals surface area contributed by atoms with Gasteiger partial charge in [0.2, 0.25) is 0 Å². The summed E-state index contributed by atoms with van der Waals surface area (Å²) in [5.74, 6) is 0.648. The van der Waals surface area contributed by atoms with Gasteiger partial charge in [0.25, 0.3) is 0 Å². The van der Waals surface area contributed by atoms with Gasteiger partial charge in [-0.15, -0.1) is 0 Å². The third kappa shape index (κ3) is 3.26. The fourth-order valence-corrected chi connectivity index (χ4v) is 3.06. The van der Waals surface area contributed by atoms with Crippen LogP contribution in [0, 0.1) is 0 Å². The lowest BCUT2D eigenvalue weighted by Gasteiger charge is -2.22. The molecule has 3 aromatic heterocycles. The number of halogens is 2. The van der Waals surface area contributed by atoms with Gasteiger partial charge in [-0.2, -0.15) is 13.9 Å². The molecule has 0 radical (unpaired) electrons. The average molecular weight is 384 g/mol. The summed E-state index contributed by atoms with van der Waals surface area (Å²) < 4.78 is 34.4. The fourth-order valence-electron chi connectivity index (χ4n) is 3.06. The van der Waals surface area contributed by atoms with Crippen LogP contribution >= 0.6 is 0 Å². The molecule has 0 aliphatic rings. The van der Waals surface area contributed by atoms with Gasteiger partial charge in [0.1, 0.15) is 17.1 Å². The highest BCUT2D eigenvalue weighted by atomic mass is 19.3. The summed E-state index contributed by atoms with van der Waals surface area (Å²) in [6.07, 6.45) is 6.83. The Hall–Kier alpha value is -3.49. The quantitative estimate of drug-likeness (QED) is 0.525. The van der Waals surface area contributed by atoms with Crippen molar-refractivity contribution in [2.75, 3.05) is 11.9 Å². The molecular formula is C19H18F2N6O. The van der Waals surface area contributed by atoms with Crippen LogP contribution in [0.2, 0.25) is 0 Å². The van der Waals surface area contributed by atoms with Gasteiger partial charge in [0.05, 0.1) is 29.9 Å². The van der Waals surface area contributed by atoms with Crippen molar-refractivity contribution in [3.05, 3.63) is 49.2 Å².